The van der Waals surface area contributed by atoms with Crippen molar-refractivity contribution >= 4 is 29.9 Å². The van der Waals surface area contributed by atoms with Crippen LogP contribution >= 0.6 is 24.0 Å². The second kappa shape index (κ2) is 12.6. The fourth-order valence-corrected chi connectivity index (χ4v) is 3.53. The third-order valence-corrected chi connectivity index (χ3v) is 4.86. The highest BCUT2D eigenvalue weighted by molar-refractivity contribution is 14.0. The fourth-order valence-electron chi connectivity index (χ4n) is 3.53. The molecule has 1 aromatic rings. The lowest BCUT2D eigenvalue weighted by molar-refractivity contribution is 0.157. The number of rotatable bonds is 9. The fraction of sp³-hybridized carbons (Fsp3) is 0.737. The summed E-state index contributed by atoms with van der Waals surface area (Å²) in [7, 11) is 1.78. The molecular weight excluding hydrogens is 443 g/mol. The van der Waals surface area contributed by atoms with Gasteiger partial charge in [-0.15, -0.1) is 24.0 Å². The van der Waals surface area contributed by atoms with E-state index < -0.39 is 0 Å². The number of nitrogens with one attached hydrogen (secondary N) is 1. The van der Waals surface area contributed by atoms with Crippen LogP contribution < -0.4 is 5.32 Å². The molecule has 26 heavy (non-hydrogen) atoms. The van der Waals surface area contributed by atoms with E-state index in [0.29, 0.717) is 12.5 Å². The molecule has 150 valence electrons. The Bertz CT molecular complexity index is 506. The van der Waals surface area contributed by atoms with Gasteiger partial charge in [0, 0.05) is 32.7 Å². The molecule has 1 aromatic heterocycles. The van der Waals surface area contributed by atoms with Crippen LogP contribution in [0.25, 0.3) is 0 Å². The molecule has 0 spiro atoms. The van der Waals surface area contributed by atoms with Gasteiger partial charge in [-0.2, -0.15) is 0 Å². The van der Waals surface area contributed by atoms with E-state index in [2.05, 4.69) is 42.0 Å². The van der Waals surface area contributed by atoms with Crippen LogP contribution in [-0.2, 0) is 4.74 Å². The molecule has 1 aliphatic rings. The van der Waals surface area contributed by atoms with Crippen molar-refractivity contribution in [1.29, 1.82) is 0 Å². The van der Waals surface area contributed by atoms with Crippen molar-refractivity contribution in [2.45, 2.75) is 33.2 Å². The van der Waals surface area contributed by atoms with E-state index in [1.807, 2.05) is 6.07 Å². The number of aliphatic imine (C=N–C) groups is 1. The molecule has 1 saturated heterocycles. The van der Waals surface area contributed by atoms with Gasteiger partial charge in [0.1, 0.15) is 5.76 Å². The van der Waals surface area contributed by atoms with Gasteiger partial charge in [-0.3, -0.25) is 9.89 Å². The predicted octanol–water partition coefficient (Wildman–Crippen LogP) is 3.21. The molecule has 1 aliphatic heterocycles. The quantitative estimate of drug-likeness (QED) is 0.336. The Balaban J connectivity index is 0.00000338. The highest BCUT2D eigenvalue weighted by atomic mass is 127. The van der Waals surface area contributed by atoms with Gasteiger partial charge in [-0.25, -0.2) is 0 Å². The Kier molecular flexibility index (Phi) is 11.2. The van der Waals surface area contributed by atoms with Crippen molar-refractivity contribution in [1.82, 2.24) is 15.1 Å². The molecule has 0 radical (unpaired) electrons. The summed E-state index contributed by atoms with van der Waals surface area (Å²) < 4.78 is 11.0. The third-order valence-electron chi connectivity index (χ3n) is 4.86. The van der Waals surface area contributed by atoms with Crippen molar-refractivity contribution in [3.8, 4) is 0 Å². The van der Waals surface area contributed by atoms with Crippen LogP contribution in [-0.4, -0.2) is 68.7 Å². The first-order valence-electron chi connectivity index (χ1n) is 9.53. The summed E-state index contributed by atoms with van der Waals surface area (Å²) in [5.41, 5.74) is 0. The molecule has 1 fully saturated rings. The van der Waals surface area contributed by atoms with Gasteiger partial charge in [0.2, 0.25) is 0 Å². The molecular formula is C19H35IN4O2. The Hall–Kier alpha value is -0.800. The van der Waals surface area contributed by atoms with Crippen LogP contribution in [0.2, 0.25) is 0 Å². The van der Waals surface area contributed by atoms with E-state index in [-0.39, 0.29) is 30.0 Å². The Labute approximate surface area is 175 Å². The molecule has 2 unspecified atom stereocenters. The number of guanidine groups is 1. The normalized spacial score (nSPS) is 18.9. The average molecular weight is 478 g/mol. The lowest BCUT2D eigenvalue weighted by atomic mass is 10.1. The number of nitrogens with zero attached hydrogens (tertiary/aromatic N) is 3. The first-order chi connectivity index (χ1) is 12.2. The molecule has 2 rings (SSSR count). The lowest BCUT2D eigenvalue weighted by Crippen LogP contribution is -2.41. The number of hydrogen-bond acceptors (Lipinski definition) is 4. The summed E-state index contributed by atoms with van der Waals surface area (Å²) in [6.07, 6.45) is 2.91. The first-order valence-corrected chi connectivity index (χ1v) is 9.53. The summed E-state index contributed by atoms with van der Waals surface area (Å²) in [6.45, 7) is 12.9. The average Bonchev–Trinajstić information content (AvgIpc) is 3.30. The first kappa shape index (κ1) is 23.2. The Morgan fingerprint density at radius 1 is 1.42 bits per heavy atom. The molecule has 6 nitrogen and oxygen atoms in total. The smallest absolute Gasteiger partial charge is 0.193 e. The van der Waals surface area contributed by atoms with Gasteiger partial charge >= 0.3 is 0 Å². The van der Waals surface area contributed by atoms with E-state index in [9.17, 15) is 0 Å². The van der Waals surface area contributed by atoms with Gasteiger partial charge in [0.25, 0.3) is 0 Å². The molecule has 0 saturated carbocycles. The standard InChI is InChI=1S/C19H34N4O2.HI/c1-5-20-19(23-11-10-16(14-23)15-24-4)21-13-17(22(6-2)7-3)18-9-8-12-25-18;/h8-9,12,16-17H,5-7,10-11,13-15H2,1-4H3,(H,20,21);1H. The van der Waals surface area contributed by atoms with Crippen molar-refractivity contribution < 1.29 is 9.15 Å². The number of ether oxygens (including phenoxy) is 1. The minimum atomic E-state index is 0. The molecule has 0 amide bonds. The van der Waals surface area contributed by atoms with Crippen LogP contribution in [0.15, 0.2) is 27.8 Å². The van der Waals surface area contributed by atoms with Gasteiger partial charge in [-0.1, -0.05) is 13.8 Å². The van der Waals surface area contributed by atoms with Crippen molar-refractivity contribution in [2.24, 2.45) is 10.9 Å². The van der Waals surface area contributed by atoms with Crippen LogP contribution in [0.5, 0.6) is 0 Å². The maximum Gasteiger partial charge on any atom is 0.193 e. The monoisotopic (exact) mass is 478 g/mol. The number of halogens is 1. The zero-order valence-corrected chi connectivity index (χ0v) is 18.9. The van der Waals surface area contributed by atoms with Crippen LogP contribution in [0, 0.1) is 5.92 Å². The predicted molar refractivity (Wildman–Crippen MR) is 117 cm³/mol. The van der Waals surface area contributed by atoms with E-state index in [1.54, 1.807) is 13.4 Å². The minimum absolute atomic E-state index is 0. The van der Waals surface area contributed by atoms with Crippen LogP contribution in [0.4, 0.5) is 0 Å². The summed E-state index contributed by atoms with van der Waals surface area (Å²) in [6, 6.07) is 4.18. The van der Waals surface area contributed by atoms with Gasteiger partial charge in [0.15, 0.2) is 5.96 Å². The van der Waals surface area contributed by atoms with E-state index in [1.165, 1.54) is 0 Å². The van der Waals surface area contributed by atoms with E-state index >= 15 is 0 Å². The highest BCUT2D eigenvalue weighted by Gasteiger charge is 2.26. The molecule has 0 aliphatic carbocycles. The third kappa shape index (κ3) is 6.42. The second-order valence-electron chi connectivity index (χ2n) is 6.50. The summed E-state index contributed by atoms with van der Waals surface area (Å²) in [4.78, 5) is 9.70. The van der Waals surface area contributed by atoms with E-state index in [0.717, 1.165) is 57.5 Å². The maximum absolute atomic E-state index is 5.69. The molecule has 0 bridgehead atoms. The highest BCUT2D eigenvalue weighted by Crippen LogP contribution is 2.22. The lowest BCUT2D eigenvalue weighted by Gasteiger charge is -2.28. The van der Waals surface area contributed by atoms with Crippen LogP contribution in [0.3, 0.4) is 0 Å². The van der Waals surface area contributed by atoms with Crippen molar-refractivity contribution in [2.75, 3.05) is 53.0 Å². The van der Waals surface area contributed by atoms with Crippen molar-refractivity contribution in [3.63, 3.8) is 0 Å². The molecule has 2 atom stereocenters. The number of methoxy groups -OCH3 is 1. The maximum atomic E-state index is 5.69. The molecule has 2 heterocycles. The van der Waals surface area contributed by atoms with Gasteiger partial charge in [-0.05, 0) is 38.6 Å². The second-order valence-corrected chi connectivity index (χ2v) is 6.50. The summed E-state index contributed by atoms with van der Waals surface area (Å²) in [5, 5.41) is 3.45. The Morgan fingerprint density at radius 3 is 2.77 bits per heavy atom. The van der Waals surface area contributed by atoms with Crippen LogP contribution in [0.1, 0.15) is 39.0 Å². The summed E-state index contributed by atoms with van der Waals surface area (Å²) in [5.74, 6) is 2.59. The van der Waals surface area contributed by atoms with E-state index in [4.69, 9.17) is 14.1 Å². The number of furan rings is 1. The Morgan fingerprint density at radius 2 is 2.19 bits per heavy atom. The number of likely N-dealkylation sites (tertiary alicyclic amines) is 1. The zero-order valence-electron chi connectivity index (χ0n) is 16.6. The molecule has 7 heteroatoms. The van der Waals surface area contributed by atoms with Crippen molar-refractivity contribution in [3.05, 3.63) is 24.2 Å². The number of hydrogen-bond donors (Lipinski definition) is 1. The van der Waals surface area contributed by atoms with Gasteiger partial charge in [0.05, 0.1) is 25.5 Å². The number of likely N-dealkylation sites (N-methyl/N-ethyl adjacent to an activating group) is 1. The van der Waals surface area contributed by atoms with Gasteiger partial charge < -0.3 is 19.4 Å². The zero-order chi connectivity index (χ0) is 18.1. The molecule has 1 N–H and O–H groups in total. The SMILES string of the molecule is CCNC(=NCC(c1ccco1)N(CC)CC)N1CCC(COC)C1.I. The largest absolute Gasteiger partial charge is 0.468 e. The molecule has 0 aromatic carbocycles. The summed E-state index contributed by atoms with van der Waals surface area (Å²) >= 11 is 0. The minimum Gasteiger partial charge on any atom is -0.468 e. The topological polar surface area (TPSA) is 53.2 Å².